The largest absolute Gasteiger partial charge is 0.497 e. The highest BCUT2D eigenvalue weighted by Gasteiger charge is 2.11. The Bertz CT molecular complexity index is 511. The Balaban J connectivity index is 1.91. The summed E-state index contributed by atoms with van der Waals surface area (Å²) >= 11 is 0. The number of hydrogen-bond acceptors (Lipinski definition) is 3. The summed E-state index contributed by atoms with van der Waals surface area (Å²) in [7, 11) is 1.69. The minimum atomic E-state index is 0.526. The van der Waals surface area contributed by atoms with Crippen LogP contribution >= 0.6 is 0 Å². The number of nitrogens with two attached hydrogens (primary N) is 1. The van der Waals surface area contributed by atoms with Crippen molar-refractivity contribution in [2.24, 2.45) is 5.73 Å². The number of aryl methyl sites for hydroxylation is 1. The van der Waals surface area contributed by atoms with Crippen LogP contribution in [0, 0.1) is 0 Å². The van der Waals surface area contributed by atoms with Crippen LogP contribution in [0.15, 0.2) is 48.8 Å². The quantitative estimate of drug-likeness (QED) is 0.806. The van der Waals surface area contributed by atoms with Gasteiger partial charge >= 0.3 is 0 Å². The molecule has 1 atom stereocenters. The Morgan fingerprint density at radius 2 is 1.95 bits per heavy atom. The number of aromatic nitrogens is 1. The fourth-order valence-corrected chi connectivity index (χ4v) is 2.65. The third-order valence-corrected chi connectivity index (χ3v) is 3.84. The number of benzene rings is 1. The topological polar surface area (TPSA) is 48.1 Å². The van der Waals surface area contributed by atoms with Crippen LogP contribution in [0.3, 0.4) is 0 Å². The second-order valence-electron chi connectivity index (χ2n) is 5.30. The van der Waals surface area contributed by atoms with Crippen molar-refractivity contribution in [1.29, 1.82) is 0 Å². The lowest BCUT2D eigenvalue weighted by molar-refractivity contribution is 0.414. The first kappa shape index (κ1) is 15.5. The number of hydrogen-bond donors (Lipinski definition) is 1. The van der Waals surface area contributed by atoms with Gasteiger partial charge in [-0.05, 0) is 67.5 Å². The second-order valence-corrected chi connectivity index (χ2v) is 5.30. The summed E-state index contributed by atoms with van der Waals surface area (Å²) in [6.07, 6.45) is 8.18. The number of nitrogens with zero attached hydrogens (tertiary/aromatic N) is 1. The summed E-state index contributed by atoms with van der Waals surface area (Å²) < 4.78 is 5.22. The van der Waals surface area contributed by atoms with Crippen LogP contribution < -0.4 is 10.5 Å². The van der Waals surface area contributed by atoms with Crippen molar-refractivity contribution in [3.8, 4) is 5.75 Å². The van der Waals surface area contributed by atoms with Gasteiger partial charge in [0, 0.05) is 12.4 Å². The lowest BCUT2D eigenvalue weighted by atomic mass is 9.90. The van der Waals surface area contributed by atoms with E-state index in [9.17, 15) is 0 Å². The molecule has 21 heavy (non-hydrogen) atoms. The van der Waals surface area contributed by atoms with Gasteiger partial charge in [-0.2, -0.15) is 0 Å². The smallest absolute Gasteiger partial charge is 0.118 e. The molecule has 0 aliphatic carbocycles. The van der Waals surface area contributed by atoms with E-state index in [2.05, 4.69) is 23.2 Å². The standard InChI is InChI=1S/C18H24N2O/c1-21-18-9-7-17(8-10-18)16(11-12-19)6-2-4-15-5-3-13-20-14-15/h3,5,7-10,13-14,16H,2,4,6,11-12,19H2,1H3. The van der Waals surface area contributed by atoms with Gasteiger partial charge in [0.25, 0.3) is 0 Å². The van der Waals surface area contributed by atoms with E-state index in [0.29, 0.717) is 5.92 Å². The molecule has 0 amide bonds. The normalized spacial score (nSPS) is 12.1. The maximum atomic E-state index is 5.77. The third-order valence-electron chi connectivity index (χ3n) is 3.84. The minimum Gasteiger partial charge on any atom is -0.497 e. The average Bonchev–Trinajstić information content (AvgIpc) is 2.55. The second kappa shape index (κ2) is 8.42. The van der Waals surface area contributed by atoms with E-state index in [-0.39, 0.29) is 0 Å². The van der Waals surface area contributed by atoms with Gasteiger partial charge in [-0.3, -0.25) is 4.98 Å². The van der Waals surface area contributed by atoms with Gasteiger partial charge in [0.05, 0.1) is 7.11 Å². The molecule has 1 unspecified atom stereocenters. The number of methoxy groups -OCH3 is 1. The van der Waals surface area contributed by atoms with Crippen molar-refractivity contribution >= 4 is 0 Å². The molecule has 0 fully saturated rings. The highest BCUT2D eigenvalue weighted by molar-refractivity contribution is 5.29. The van der Waals surface area contributed by atoms with Gasteiger partial charge in [0.2, 0.25) is 0 Å². The van der Waals surface area contributed by atoms with Gasteiger partial charge in [0.1, 0.15) is 5.75 Å². The molecule has 0 spiro atoms. The zero-order valence-electron chi connectivity index (χ0n) is 12.7. The summed E-state index contributed by atoms with van der Waals surface area (Å²) in [5.41, 5.74) is 8.43. The third kappa shape index (κ3) is 4.87. The Morgan fingerprint density at radius 1 is 1.14 bits per heavy atom. The molecule has 1 aromatic carbocycles. The van der Waals surface area contributed by atoms with Crippen LogP contribution in [0.2, 0.25) is 0 Å². The number of pyridine rings is 1. The molecule has 1 aromatic heterocycles. The minimum absolute atomic E-state index is 0.526. The Labute approximate surface area is 127 Å². The lowest BCUT2D eigenvalue weighted by Gasteiger charge is -2.17. The molecule has 0 aliphatic heterocycles. The van der Waals surface area contributed by atoms with Crippen LogP contribution in [0.4, 0.5) is 0 Å². The fraction of sp³-hybridized carbons (Fsp3) is 0.389. The molecule has 2 N–H and O–H groups in total. The summed E-state index contributed by atoms with van der Waals surface area (Å²) in [4.78, 5) is 4.16. The first-order valence-electron chi connectivity index (χ1n) is 7.56. The van der Waals surface area contributed by atoms with E-state index < -0.39 is 0 Å². The van der Waals surface area contributed by atoms with Crippen LogP contribution in [-0.4, -0.2) is 18.6 Å². The molecule has 0 aliphatic rings. The molecular weight excluding hydrogens is 260 g/mol. The lowest BCUT2D eigenvalue weighted by Crippen LogP contribution is -2.08. The summed E-state index contributed by atoms with van der Waals surface area (Å²) in [5, 5.41) is 0. The van der Waals surface area contributed by atoms with Gasteiger partial charge in [0.15, 0.2) is 0 Å². The molecule has 112 valence electrons. The van der Waals surface area contributed by atoms with Crippen LogP contribution in [0.5, 0.6) is 5.75 Å². The zero-order valence-corrected chi connectivity index (χ0v) is 12.7. The molecule has 0 saturated carbocycles. The van der Waals surface area contributed by atoms with E-state index >= 15 is 0 Å². The van der Waals surface area contributed by atoms with Gasteiger partial charge in [-0.15, -0.1) is 0 Å². The Morgan fingerprint density at radius 3 is 2.57 bits per heavy atom. The highest BCUT2D eigenvalue weighted by Crippen LogP contribution is 2.27. The van der Waals surface area contributed by atoms with Gasteiger partial charge in [-0.25, -0.2) is 0 Å². The maximum absolute atomic E-state index is 5.77. The van der Waals surface area contributed by atoms with E-state index in [1.54, 1.807) is 7.11 Å². The van der Waals surface area contributed by atoms with Crippen molar-refractivity contribution in [3.63, 3.8) is 0 Å². The van der Waals surface area contributed by atoms with Crippen molar-refractivity contribution in [2.45, 2.75) is 31.6 Å². The molecule has 0 saturated heterocycles. The zero-order chi connectivity index (χ0) is 14.9. The van der Waals surface area contributed by atoms with E-state index in [1.165, 1.54) is 11.1 Å². The van der Waals surface area contributed by atoms with Crippen molar-refractivity contribution in [1.82, 2.24) is 4.98 Å². The monoisotopic (exact) mass is 284 g/mol. The average molecular weight is 284 g/mol. The summed E-state index contributed by atoms with van der Waals surface area (Å²) in [6, 6.07) is 12.5. The Hall–Kier alpha value is -1.87. The maximum Gasteiger partial charge on any atom is 0.118 e. The molecule has 0 radical (unpaired) electrons. The summed E-state index contributed by atoms with van der Waals surface area (Å²) in [6.45, 7) is 0.726. The summed E-state index contributed by atoms with van der Waals surface area (Å²) in [5.74, 6) is 1.43. The van der Waals surface area contributed by atoms with Gasteiger partial charge in [-0.1, -0.05) is 18.2 Å². The SMILES string of the molecule is COc1ccc(C(CCN)CCCc2cccnc2)cc1. The van der Waals surface area contributed by atoms with Crippen LogP contribution in [-0.2, 0) is 6.42 Å². The van der Waals surface area contributed by atoms with Crippen molar-refractivity contribution < 1.29 is 4.74 Å². The van der Waals surface area contributed by atoms with Gasteiger partial charge < -0.3 is 10.5 Å². The molecule has 0 bridgehead atoms. The molecular formula is C18H24N2O. The predicted octanol–water partition coefficient (Wildman–Crippen LogP) is 3.55. The van der Waals surface area contributed by atoms with Crippen molar-refractivity contribution in [3.05, 3.63) is 59.9 Å². The first-order valence-corrected chi connectivity index (χ1v) is 7.56. The first-order chi connectivity index (χ1) is 10.3. The fourth-order valence-electron chi connectivity index (χ4n) is 2.65. The van der Waals surface area contributed by atoms with Crippen LogP contribution in [0.1, 0.15) is 36.3 Å². The van der Waals surface area contributed by atoms with E-state index in [0.717, 1.165) is 38.0 Å². The molecule has 1 heterocycles. The van der Waals surface area contributed by atoms with E-state index in [1.807, 2.05) is 30.6 Å². The highest BCUT2D eigenvalue weighted by atomic mass is 16.5. The molecule has 2 aromatic rings. The number of rotatable bonds is 8. The van der Waals surface area contributed by atoms with Crippen molar-refractivity contribution in [2.75, 3.05) is 13.7 Å². The molecule has 2 rings (SSSR count). The Kier molecular flexibility index (Phi) is 6.22. The molecule has 3 nitrogen and oxygen atoms in total. The van der Waals surface area contributed by atoms with Crippen LogP contribution in [0.25, 0.3) is 0 Å². The molecule has 3 heteroatoms. The van der Waals surface area contributed by atoms with E-state index in [4.69, 9.17) is 10.5 Å². The predicted molar refractivity (Wildman–Crippen MR) is 86.6 cm³/mol. The number of ether oxygens (including phenoxy) is 1.